The summed E-state index contributed by atoms with van der Waals surface area (Å²) in [5.74, 6) is -0.715. The van der Waals surface area contributed by atoms with Crippen molar-refractivity contribution in [3.8, 4) is 0 Å². The van der Waals surface area contributed by atoms with Crippen molar-refractivity contribution in [3.05, 3.63) is 0 Å². The van der Waals surface area contributed by atoms with Gasteiger partial charge in [0.05, 0.1) is 0 Å². The minimum Gasteiger partial charge on any atom is -0.480 e. The molecule has 1 aliphatic rings. The molecule has 0 aromatic heterocycles. The van der Waals surface area contributed by atoms with Crippen molar-refractivity contribution in [2.75, 3.05) is 0 Å². The lowest BCUT2D eigenvalue weighted by molar-refractivity contribution is -0.145. The predicted octanol–water partition coefficient (Wildman–Crippen LogP) is 1.65. The molecule has 0 spiro atoms. The van der Waals surface area contributed by atoms with E-state index < -0.39 is 17.4 Å². The number of carboxylic acids is 1. The molecule has 0 heterocycles. The second-order valence-electron chi connectivity index (χ2n) is 5.77. The molecule has 2 N–H and O–H groups in total. The highest BCUT2D eigenvalue weighted by atomic mass is 16.4. The molecule has 4 nitrogen and oxygen atoms in total. The number of hydrogen-bond acceptors (Lipinski definition) is 2. The number of amides is 1. The Morgan fingerprint density at radius 1 is 1.31 bits per heavy atom. The van der Waals surface area contributed by atoms with Crippen molar-refractivity contribution in [1.29, 1.82) is 0 Å². The van der Waals surface area contributed by atoms with Crippen LogP contribution in [-0.2, 0) is 9.59 Å². The Kier molecular flexibility index (Phi) is 3.61. The van der Waals surface area contributed by atoms with Gasteiger partial charge < -0.3 is 10.4 Å². The first-order valence-electron chi connectivity index (χ1n) is 5.76. The van der Waals surface area contributed by atoms with E-state index in [2.05, 4.69) is 5.32 Å². The Balaban J connectivity index is 2.61. The molecule has 92 valence electrons. The summed E-state index contributed by atoms with van der Waals surface area (Å²) in [4.78, 5) is 22.9. The molecule has 0 bridgehead atoms. The van der Waals surface area contributed by atoms with Crippen LogP contribution in [0.2, 0.25) is 0 Å². The van der Waals surface area contributed by atoms with E-state index >= 15 is 0 Å². The average molecular weight is 227 g/mol. The van der Waals surface area contributed by atoms with Crippen LogP contribution in [0.1, 0.15) is 40.5 Å². The van der Waals surface area contributed by atoms with Crippen LogP contribution in [0, 0.1) is 17.3 Å². The quantitative estimate of drug-likeness (QED) is 0.767. The molecule has 1 rings (SSSR count). The van der Waals surface area contributed by atoms with Gasteiger partial charge in [0.1, 0.15) is 6.04 Å². The number of carbonyl (C=O) groups is 2. The van der Waals surface area contributed by atoms with Crippen molar-refractivity contribution < 1.29 is 14.7 Å². The summed E-state index contributed by atoms with van der Waals surface area (Å²) in [5.41, 5.74) is -0.467. The van der Waals surface area contributed by atoms with E-state index in [0.717, 1.165) is 12.8 Å². The van der Waals surface area contributed by atoms with Crippen LogP contribution in [0.3, 0.4) is 0 Å². The van der Waals surface area contributed by atoms with Gasteiger partial charge in [-0.1, -0.05) is 27.7 Å². The normalized spacial score (nSPS) is 20.0. The molecule has 1 amide bonds. The fourth-order valence-corrected chi connectivity index (χ4v) is 1.73. The van der Waals surface area contributed by atoms with Gasteiger partial charge in [-0.3, -0.25) is 4.79 Å². The monoisotopic (exact) mass is 227 g/mol. The van der Waals surface area contributed by atoms with E-state index in [0.29, 0.717) is 5.92 Å². The van der Waals surface area contributed by atoms with E-state index in [4.69, 9.17) is 5.11 Å². The molecule has 1 fully saturated rings. The first-order valence-corrected chi connectivity index (χ1v) is 5.76. The van der Waals surface area contributed by atoms with E-state index in [9.17, 15) is 9.59 Å². The van der Waals surface area contributed by atoms with Gasteiger partial charge in [-0.2, -0.15) is 0 Å². The largest absolute Gasteiger partial charge is 0.480 e. The molecule has 0 radical (unpaired) electrons. The highest BCUT2D eigenvalue weighted by Crippen LogP contribution is 2.36. The lowest BCUT2D eigenvalue weighted by atomic mass is 9.86. The summed E-state index contributed by atoms with van der Waals surface area (Å²) >= 11 is 0. The van der Waals surface area contributed by atoms with E-state index in [1.807, 2.05) is 27.7 Å². The molecular formula is C12H21NO3. The number of nitrogens with one attached hydrogen (secondary N) is 1. The molecule has 16 heavy (non-hydrogen) atoms. The molecular weight excluding hydrogens is 206 g/mol. The smallest absolute Gasteiger partial charge is 0.326 e. The molecule has 1 saturated carbocycles. The number of carboxylic acid groups (broad SMARTS) is 1. The average Bonchev–Trinajstić information content (AvgIpc) is 2.92. The zero-order valence-electron chi connectivity index (χ0n) is 10.4. The lowest BCUT2D eigenvalue weighted by Gasteiger charge is -2.28. The number of rotatable bonds is 4. The Morgan fingerprint density at radius 2 is 1.81 bits per heavy atom. The Morgan fingerprint density at radius 3 is 2.12 bits per heavy atom. The van der Waals surface area contributed by atoms with Gasteiger partial charge in [0, 0.05) is 5.92 Å². The third-order valence-electron chi connectivity index (χ3n) is 3.14. The zero-order valence-corrected chi connectivity index (χ0v) is 10.4. The second-order valence-corrected chi connectivity index (χ2v) is 5.77. The molecule has 2 unspecified atom stereocenters. The Bertz CT molecular complexity index is 289. The van der Waals surface area contributed by atoms with E-state index in [-0.39, 0.29) is 11.8 Å². The van der Waals surface area contributed by atoms with Gasteiger partial charge in [-0.05, 0) is 24.2 Å². The standard InChI is InChI=1S/C12H21NO3/c1-7(8-5-6-8)10(14)13-9(11(15)16)12(2,3)4/h7-9H,5-6H2,1-4H3,(H,13,14)(H,15,16). The number of aliphatic carboxylic acids is 1. The minimum atomic E-state index is -0.969. The minimum absolute atomic E-state index is 0.0656. The van der Waals surface area contributed by atoms with Gasteiger partial charge in [0.2, 0.25) is 5.91 Å². The Labute approximate surface area is 96.4 Å². The molecule has 0 aromatic rings. The third-order valence-corrected chi connectivity index (χ3v) is 3.14. The summed E-state index contributed by atoms with van der Waals surface area (Å²) in [5, 5.41) is 11.7. The van der Waals surface area contributed by atoms with E-state index in [1.54, 1.807) is 0 Å². The SMILES string of the molecule is CC(C(=O)NC(C(=O)O)C(C)(C)C)C1CC1. The van der Waals surface area contributed by atoms with Crippen LogP contribution in [0.5, 0.6) is 0 Å². The highest BCUT2D eigenvalue weighted by molar-refractivity contribution is 5.85. The number of carbonyl (C=O) groups excluding carboxylic acids is 1. The zero-order chi connectivity index (χ0) is 12.5. The maximum Gasteiger partial charge on any atom is 0.326 e. The number of hydrogen-bond donors (Lipinski definition) is 2. The molecule has 0 saturated heterocycles. The highest BCUT2D eigenvalue weighted by Gasteiger charge is 2.37. The van der Waals surface area contributed by atoms with Gasteiger partial charge in [-0.15, -0.1) is 0 Å². The summed E-state index contributed by atoms with van der Waals surface area (Å²) in [7, 11) is 0. The van der Waals surface area contributed by atoms with Crippen LogP contribution in [0.4, 0.5) is 0 Å². The summed E-state index contributed by atoms with van der Waals surface area (Å²) in [6, 6.07) is -0.818. The van der Waals surface area contributed by atoms with Crippen molar-refractivity contribution >= 4 is 11.9 Å². The fraction of sp³-hybridized carbons (Fsp3) is 0.833. The maximum atomic E-state index is 11.8. The summed E-state index contributed by atoms with van der Waals surface area (Å²) in [6.45, 7) is 7.31. The third kappa shape index (κ3) is 3.22. The van der Waals surface area contributed by atoms with Gasteiger partial charge >= 0.3 is 5.97 Å². The van der Waals surface area contributed by atoms with Crippen molar-refractivity contribution in [2.45, 2.75) is 46.6 Å². The maximum absolute atomic E-state index is 11.8. The molecule has 4 heteroatoms. The van der Waals surface area contributed by atoms with Gasteiger partial charge in [0.15, 0.2) is 0 Å². The Hall–Kier alpha value is -1.06. The van der Waals surface area contributed by atoms with E-state index in [1.165, 1.54) is 0 Å². The van der Waals surface area contributed by atoms with Gasteiger partial charge in [-0.25, -0.2) is 4.79 Å². The molecule has 1 aliphatic carbocycles. The first-order chi connectivity index (χ1) is 7.23. The second kappa shape index (κ2) is 4.44. The fourth-order valence-electron chi connectivity index (χ4n) is 1.73. The predicted molar refractivity (Wildman–Crippen MR) is 60.9 cm³/mol. The molecule has 2 atom stereocenters. The van der Waals surface area contributed by atoms with Crippen LogP contribution < -0.4 is 5.32 Å². The summed E-state index contributed by atoms with van der Waals surface area (Å²) < 4.78 is 0. The first kappa shape index (κ1) is 13.0. The van der Waals surface area contributed by atoms with Crippen LogP contribution >= 0.6 is 0 Å². The van der Waals surface area contributed by atoms with Crippen molar-refractivity contribution in [1.82, 2.24) is 5.32 Å². The summed E-state index contributed by atoms with van der Waals surface area (Å²) in [6.07, 6.45) is 2.17. The van der Waals surface area contributed by atoms with Crippen LogP contribution in [-0.4, -0.2) is 23.0 Å². The van der Waals surface area contributed by atoms with Crippen LogP contribution in [0.15, 0.2) is 0 Å². The molecule has 0 aromatic carbocycles. The van der Waals surface area contributed by atoms with Crippen molar-refractivity contribution in [3.63, 3.8) is 0 Å². The van der Waals surface area contributed by atoms with Crippen LogP contribution in [0.25, 0.3) is 0 Å². The van der Waals surface area contributed by atoms with Crippen molar-refractivity contribution in [2.24, 2.45) is 17.3 Å². The topological polar surface area (TPSA) is 66.4 Å². The van der Waals surface area contributed by atoms with Gasteiger partial charge in [0.25, 0.3) is 0 Å². The lowest BCUT2D eigenvalue weighted by Crippen LogP contribution is -2.50. The molecule has 0 aliphatic heterocycles.